The van der Waals surface area contributed by atoms with E-state index in [1.807, 2.05) is 72.8 Å². The van der Waals surface area contributed by atoms with Crippen molar-refractivity contribution in [3.05, 3.63) is 90.3 Å². The van der Waals surface area contributed by atoms with Crippen molar-refractivity contribution in [3.63, 3.8) is 0 Å². The smallest absolute Gasteiger partial charge is 0.340 e. The minimum Gasteiger partial charge on any atom is -0.462 e. The van der Waals surface area contributed by atoms with Crippen LogP contribution in [0.4, 0.5) is 0 Å². The number of hydrogen-bond acceptors (Lipinski definition) is 3. The Morgan fingerprint density at radius 2 is 1.54 bits per heavy atom. The average molecular weight is 369 g/mol. The van der Waals surface area contributed by atoms with E-state index in [2.05, 4.69) is 0 Å². The van der Waals surface area contributed by atoms with Crippen molar-refractivity contribution >= 4 is 17.8 Å². The third kappa shape index (κ3) is 2.99. The van der Waals surface area contributed by atoms with E-state index in [4.69, 9.17) is 4.74 Å². The van der Waals surface area contributed by atoms with E-state index in [1.165, 1.54) is 0 Å². The molecule has 4 heteroatoms. The molecule has 0 amide bonds. The first kappa shape index (κ1) is 17.7. The second-order valence-corrected chi connectivity index (χ2v) is 6.37. The standard InChI is InChI=1S/C24H19NO3/c1-2-28-24(27)23-20-10-6-7-15-25(20)21(16-26)22(23)19-13-11-18(12-14-19)17-8-4-3-5-9-17/h3-16H,2H2,1H3. The van der Waals surface area contributed by atoms with Crippen LogP contribution in [-0.4, -0.2) is 23.3 Å². The first-order valence-corrected chi connectivity index (χ1v) is 9.15. The van der Waals surface area contributed by atoms with Crippen LogP contribution in [-0.2, 0) is 4.74 Å². The van der Waals surface area contributed by atoms with Gasteiger partial charge >= 0.3 is 5.97 Å². The number of hydrogen-bond donors (Lipinski definition) is 0. The zero-order chi connectivity index (χ0) is 19.5. The Balaban J connectivity index is 1.91. The summed E-state index contributed by atoms with van der Waals surface area (Å²) in [6.45, 7) is 2.04. The third-order valence-electron chi connectivity index (χ3n) is 4.75. The van der Waals surface area contributed by atoms with Gasteiger partial charge in [0, 0.05) is 11.8 Å². The van der Waals surface area contributed by atoms with Crippen molar-refractivity contribution in [2.75, 3.05) is 6.61 Å². The number of ether oxygens (including phenoxy) is 1. The van der Waals surface area contributed by atoms with Gasteiger partial charge in [0.25, 0.3) is 0 Å². The molecule has 0 aliphatic carbocycles. The van der Waals surface area contributed by atoms with E-state index in [1.54, 1.807) is 17.5 Å². The number of pyridine rings is 1. The van der Waals surface area contributed by atoms with Crippen LogP contribution in [0.1, 0.15) is 27.8 Å². The fraction of sp³-hybridized carbons (Fsp3) is 0.0833. The largest absolute Gasteiger partial charge is 0.462 e. The average Bonchev–Trinajstić information content (AvgIpc) is 3.09. The lowest BCUT2D eigenvalue weighted by Crippen LogP contribution is -2.05. The van der Waals surface area contributed by atoms with Gasteiger partial charge in [-0.3, -0.25) is 4.79 Å². The molecule has 0 atom stereocenters. The highest BCUT2D eigenvalue weighted by molar-refractivity contribution is 6.09. The van der Waals surface area contributed by atoms with Crippen LogP contribution in [0.15, 0.2) is 79.0 Å². The van der Waals surface area contributed by atoms with Crippen molar-refractivity contribution in [2.45, 2.75) is 6.92 Å². The van der Waals surface area contributed by atoms with Crippen LogP contribution in [0.3, 0.4) is 0 Å². The molecule has 0 N–H and O–H groups in total. The van der Waals surface area contributed by atoms with Crippen molar-refractivity contribution < 1.29 is 14.3 Å². The summed E-state index contributed by atoms with van der Waals surface area (Å²) in [4.78, 5) is 24.6. The molecular weight excluding hydrogens is 350 g/mol. The zero-order valence-corrected chi connectivity index (χ0v) is 15.5. The molecule has 0 spiro atoms. The molecular formula is C24H19NO3. The van der Waals surface area contributed by atoms with Gasteiger partial charge in [0.2, 0.25) is 0 Å². The Morgan fingerprint density at radius 3 is 2.21 bits per heavy atom. The summed E-state index contributed by atoms with van der Waals surface area (Å²) in [5, 5.41) is 0. The monoisotopic (exact) mass is 369 g/mol. The minimum absolute atomic E-state index is 0.270. The van der Waals surface area contributed by atoms with Crippen molar-refractivity contribution in [3.8, 4) is 22.3 Å². The Labute approximate surface area is 163 Å². The summed E-state index contributed by atoms with van der Waals surface area (Å²) in [6, 6.07) is 23.4. The van der Waals surface area contributed by atoms with Gasteiger partial charge in [-0.15, -0.1) is 0 Å². The number of carbonyl (C=O) groups excluding carboxylic acids is 2. The normalized spacial score (nSPS) is 10.8. The predicted molar refractivity (Wildman–Crippen MR) is 110 cm³/mol. The van der Waals surface area contributed by atoms with Crippen LogP contribution in [0.5, 0.6) is 0 Å². The van der Waals surface area contributed by atoms with E-state index in [0.717, 1.165) is 23.0 Å². The second-order valence-electron chi connectivity index (χ2n) is 6.37. The number of rotatable bonds is 5. The number of nitrogens with zero attached hydrogens (tertiary/aromatic N) is 1. The molecule has 4 aromatic rings. The van der Waals surface area contributed by atoms with Gasteiger partial charge in [-0.2, -0.15) is 0 Å². The molecule has 0 saturated carbocycles. The third-order valence-corrected chi connectivity index (χ3v) is 4.75. The molecule has 4 nitrogen and oxygen atoms in total. The van der Waals surface area contributed by atoms with Crippen LogP contribution in [0.2, 0.25) is 0 Å². The molecule has 2 aromatic heterocycles. The number of fused-ring (bicyclic) bond motifs is 1. The lowest BCUT2D eigenvalue weighted by Gasteiger charge is -2.07. The first-order valence-electron chi connectivity index (χ1n) is 9.15. The van der Waals surface area contributed by atoms with E-state index < -0.39 is 5.97 Å². The maximum Gasteiger partial charge on any atom is 0.340 e. The van der Waals surface area contributed by atoms with E-state index in [-0.39, 0.29) is 6.61 Å². The van der Waals surface area contributed by atoms with Crippen molar-refractivity contribution in [2.24, 2.45) is 0 Å². The molecule has 2 heterocycles. The highest BCUT2D eigenvalue weighted by Crippen LogP contribution is 2.34. The molecule has 2 aromatic carbocycles. The molecule has 4 rings (SSSR count). The van der Waals surface area contributed by atoms with Gasteiger partial charge in [0.15, 0.2) is 6.29 Å². The number of carbonyl (C=O) groups is 2. The number of esters is 1. The van der Waals surface area contributed by atoms with Crippen molar-refractivity contribution in [1.82, 2.24) is 4.40 Å². The molecule has 0 unspecified atom stereocenters. The summed E-state index contributed by atoms with van der Waals surface area (Å²) < 4.78 is 7.02. The highest BCUT2D eigenvalue weighted by atomic mass is 16.5. The second kappa shape index (κ2) is 7.53. The fourth-order valence-electron chi connectivity index (χ4n) is 3.51. The molecule has 0 aliphatic heterocycles. The summed E-state index contributed by atoms with van der Waals surface area (Å²) in [7, 11) is 0. The molecule has 0 radical (unpaired) electrons. The van der Waals surface area contributed by atoms with Gasteiger partial charge in [-0.05, 0) is 35.7 Å². The Bertz CT molecular complexity index is 1140. The van der Waals surface area contributed by atoms with Gasteiger partial charge < -0.3 is 9.14 Å². The van der Waals surface area contributed by atoms with Crippen LogP contribution in [0, 0.1) is 0 Å². The van der Waals surface area contributed by atoms with E-state index >= 15 is 0 Å². The van der Waals surface area contributed by atoms with Crippen LogP contribution >= 0.6 is 0 Å². The minimum atomic E-state index is -0.429. The quantitative estimate of drug-likeness (QED) is 0.356. The molecule has 28 heavy (non-hydrogen) atoms. The fourth-order valence-corrected chi connectivity index (χ4v) is 3.51. The zero-order valence-electron chi connectivity index (χ0n) is 15.5. The van der Waals surface area contributed by atoms with Gasteiger partial charge in [-0.1, -0.05) is 60.7 Å². The molecule has 0 bridgehead atoms. The Hall–Kier alpha value is -3.66. The van der Waals surface area contributed by atoms with Gasteiger partial charge in [-0.25, -0.2) is 4.79 Å². The maximum absolute atomic E-state index is 12.7. The summed E-state index contributed by atoms with van der Waals surface area (Å²) >= 11 is 0. The molecule has 138 valence electrons. The SMILES string of the molecule is CCOC(=O)c1c(-c2ccc(-c3ccccc3)cc2)c(C=O)n2ccccc12. The Kier molecular flexibility index (Phi) is 4.77. The molecule has 0 aliphatic rings. The van der Waals surface area contributed by atoms with E-state index in [0.29, 0.717) is 22.3 Å². The van der Waals surface area contributed by atoms with Gasteiger partial charge in [0.05, 0.1) is 23.4 Å². The number of benzene rings is 2. The number of aldehydes is 1. The predicted octanol–water partition coefficient (Wildman–Crippen LogP) is 5.26. The summed E-state index contributed by atoms with van der Waals surface area (Å²) in [5.74, 6) is -0.429. The van der Waals surface area contributed by atoms with Gasteiger partial charge in [0.1, 0.15) is 0 Å². The van der Waals surface area contributed by atoms with Crippen LogP contribution < -0.4 is 0 Å². The number of aromatic nitrogens is 1. The first-order chi connectivity index (χ1) is 13.7. The lowest BCUT2D eigenvalue weighted by molar-refractivity contribution is 0.0529. The highest BCUT2D eigenvalue weighted by Gasteiger charge is 2.25. The topological polar surface area (TPSA) is 47.8 Å². The lowest BCUT2D eigenvalue weighted by atomic mass is 9.97. The Morgan fingerprint density at radius 1 is 0.893 bits per heavy atom. The summed E-state index contributed by atoms with van der Waals surface area (Å²) in [5.41, 5.74) is 5.08. The maximum atomic E-state index is 12.7. The van der Waals surface area contributed by atoms with E-state index in [9.17, 15) is 9.59 Å². The molecule has 0 saturated heterocycles. The van der Waals surface area contributed by atoms with Crippen LogP contribution in [0.25, 0.3) is 27.8 Å². The molecule has 0 fully saturated rings. The van der Waals surface area contributed by atoms with Crippen molar-refractivity contribution in [1.29, 1.82) is 0 Å². The summed E-state index contributed by atoms with van der Waals surface area (Å²) in [6.07, 6.45) is 2.57.